The Labute approximate surface area is 119 Å². The Kier molecular flexibility index (Phi) is 4.80. The van der Waals surface area contributed by atoms with E-state index in [1.54, 1.807) is 11.3 Å². The first-order valence-electron chi connectivity index (χ1n) is 6.66. The Balaban J connectivity index is 2.20. The number of nitrogens with zero attached hydrogens (tertiary/aromatic N) is 1. The molecule has 0 bridgehead atoms. The van der Waals surface area contributed by atoms with Gasteiger partial charge < -0.3 is 10.2 Å². The fourth-order valence-corrected chi connectivity index (χ4v) is 3.00. The van der Waals surface area contributed by atoms with Gasteiger partial charge in [0.05, 0.1) is 6.04 Å². The Morgan fingerprint density at radius 1 is 1.32 bits per heavy atom. The number of hydrogen-bond acceptors (Lipinski definition) is 4. The SMILES string of the molecule is Cc1ccc(C(CN)N(Cc2cccs2)C(C)C)o1. The molecule has 2 aromatic heterocycles. The van der Waals surface area contributed by atoms with Crippen molar-refractivity contribution in [3.05, 3.63) is 46.0 Å². The monoisotopic (exact) mass is 278 g/mol. The maximum absolute atomic E-state index is 5.98. The average molecular weight is 278 g/mol. The second kappa shape index (κ2) is 6.37. The molecule has 1 atom stereocenters. The third-order valence-corrected chi connectivity index (χ3v) is 4.16. The van der Waals surface area contributed by atoms with Crippen LogP contribution in [0.1, 0.15) is 36.3 Å². The summed E-state index contributed by atoms with van der Waals surface area (Å²) >= 11 is 1.78. The van der Waals surface area contributed by atoms with Crippen LogP contribution in [0.4, 0.5) is 0 Å². The van der Waals surface area contributed by atoms with Gasteiger partial charge in [0.25, 0.3) is 0 Å². The predicted octanol–water partition coefficient (Wildman–Crippen LogP) is 3.56. The van der Waals surface area contributed by atoms with Gasteiger partial charge in [-0.25, -0.2) is 0 Å². The number of nitrogens with two attached hydrogens (primary N) is 1. The fourth-order valence-electron chi connectivity index (χ4n) is 2.28. The third-order valence-electron chi connectivity index (χ3n) is 3.29. The van der Waals surface area contributed by atoms with Crippen molar-refractivity contribution in [2.24, 2.45) is 5.73 Å². The first kappa shape index (κ1) is 14.3. The summed E-state index contributed by atoms with van der Waals surface area (Å²) in [6.45, 7) is 7.85. The average Bonchev–Trinajstić information content (AvgIpc) is 3.00. The van der Waals surface area contributed by atoms with Crippen LogP contribution in [-0.2, 0) is 6.54 Å². The van der Waals surface area contributed by atoms with Crippen LogP contribution < -0.4 is 5.73 Å². The Morgan fingerprint density at radius 3 is 2.58 bits per heavy atom. The zero-order valence-electron chi connectivity index (χ0n) is 11.8. The summed E-state index contributed by atoms with van der Waals surface area (Å²) in [7, 11) is 0. The lowest BCUT2D eigenvalue weighted by atomic mass is 10.1. The molecule has 0 saturated heterocycles. The zero-order valence-corrected chi connectivity index (χ0v) is 12.6. The van der Waals surface area contributed by atoms with E-state index < -0.39 is 0 Å². The van der Waals surface area contributed by atoms with Crippen LogP contribution in [0, 0.1) is 6.92 Å². The summed E-state index contributed by atoms with van der Waals surface area (Å²) in [6, 6.07) is 8.85. The van der Waals surface area contributed by atoms with Gasteiger partial charge in [-0.3, -0.25) is 4.90 Å². The molecule has 0 fully saturated rings. The minimum Gasteiger partial charge on any atom is -0.465 e. The normalized spacial score (nSPS) is 13.4. The van der Waals surface area contributed by atoms with Gasteiger partial charge in [0.15, 0.2) is 0 Å². The van der Waals surface area contributed by atoms with E-state index in [2.05, 4.69) is 36.3 Å². The number of rotatable bonds is 6. The number of hydrogen-bond donors (Lipinski definition) is 1. The number of aryl methyl sites for hydroxylation is 1. The van der Waals surface area contributed by atoms with E-state index in [1.165, 1.54) is 4.88 Å². The summed E-state index contributed by atoms with van der Waals surface area (Å²) in [5.41, 5.74) is 5.98. The van der Waals surface area contributed by atoms with E-state index in [0.717, 1.165) is 18.1 Å². The molecule has 0 aliphatic heterocycles. The van der Waals surface area contributed by atoms with Crippen LogP contribution in [0.5, 0.6) is 0 Å². The van der Waals surface area contributed by atoms with E-state index in [0.29, 0.717) is 12.6 Å². The van der Waals surface area contributed by atoms with Crippen LogP contribution in [0.2, 0.25) is 0 Å². The Bertz CT molecular complexity index is 490. The number of thiophene rings is 1. The lowest BCUT2D eigenvalue weighted by Gasteiger charge is -2.32. The van der Waals surface area contributed by atoms with Crippen molar-refractivity contribution in [1.29, 1.82) is 0 Å². The van der Waals surface area contributed by atoms with Crippen molar-refractivity contribution in [2.75, 3.05) is 6.54 Å². The first-order chi connectivity index (χ1) is 9.11. The highest BCUT2D eigenvalue weighted by molar-refractivity contribution is 7.09. The second-order valence-electron chi connectivity index (χ2n) is 5.05. The lowest BCUT2D eigenvalue weighted by Crippen LogP contribution is -2.37. The van der Waals surface area contributed by atoms with Crippen molar-refractivity contribution in [3.8, 4) is 0 Å². The van der Waals surface area contributed by atoms with Crippen molar-refractivity contribution in [1.82, 2.24) is 4.90 Å². The molecule has 0 aliphatic carbocycles. The van der Waals surface area contributed by atoms with Gasteiger partial charge in [-0.1, -0.05) is 6.07 Å². The van der Waals surface area contributed by atoms with E-state index in [1.807, 2.05) is 19.1 Å². The van der Waals surface area contributed by atoms with Crippen molar-refractivity contribution < 1.29 is 4.42 Å². The van der Waals surface area contributed by atoms with E-state index in [4.69, 9.17) is 10.2 Å². The summed E-state index contributed by atoms with van der Waals surface area (Å²) < 4.78 is 5.77. The van der Waals surface area contributed by atoms with Gasteiger partial charge in [-0.2, -0.15) is 0 Å². The molecule has 2 aromatic rings. The van der Waals surface area contributed by atoms with E-state index in [-0.39, 0.29) is 6.04 Å². The third kappa shape index (κ3) is 3.47. The van der Waals surface area contributed by atoms with E-state index >= 15 is 0 Å². The molecule has 3 nitrogen and oxygen atoms in total. The topological polar surface area (TPSA) is 42.4 Å². The molecular formula is C15H22N2OS. The Morgan fingerprint density at radius 2 is 2.11 bits per heavy atom. The van der Waals surface area contributed by atoms with E-state index in [9.17, 15) is 0 Å². The molecule has 0 aromatic carbocycles. The predicted molar refractivity (Wildman–Crippen MR) is 80.2 cm³/mol. The highest BCUT2D eigenvalue weighted by Crippen LogP contribution is 2.27. The van der Waals surface area contributed by atoms with Gasteiger partial charge in [0.1, 0.15) is 11.5 Å². The molecule has 0 spiro atoms. The molecule has 0 amide bonds. The molecule has 2 N–H and O–H groups in total. The molecule has 0 aliphatic rings. The highest BCUT2D eigenvalue weighted by Gasteiger charge is 2.24. The standard InChI is InChI=1S/C15H22N2OS/c1-11(2)17(10-13-5-4-8-19-13)14(9-16)15-7-6-12(3)18-15/h4-8,11,14H,9-10,16H2,1-3H3. The van der Waals surface area contributed by atoms with Crippen molar-refractivity contribution in [3.63, 3.8) is 0 Å². The second-order valence-corrected chi connectivity index (χ2v) is 6.08. The van der Waals surface area contributed by atoms with Crippen LogP contribution in [-0.4, -0.2) is 17.5 Å². The van der Waals surface area contributed by atoms with Crippen LogP contribution >= 0.6 is 11.3 Å². The molecule has 0 radical (unpaired) electrons. The summed E-state index contributed by atoms with van der Waals surface area (Å²) in [5, 5.41) is 2.11. The Hall–Kier alpha value is -1.10. The van der Waals surface area contributed by atoms with Gasteiger partial charge in [0.2, 0.25) is 0 Å². The fraction of sp³-hybridized carbons (Fsp3) is 0.467. The first-order valence-corrected chi connectivity index (χ1v) is 7.54. The lowest BCUT2D eigenvalue weighted by molar-refractivity contribution is 0.131. The van der Waals surface area contributed by atoms with Crippen LogP contribution in [0.15, 0.2) is 34.1 Å². The molecule has 1 unspecified atom stereocenters. The zero-order chi connectivity index (χ0) is 13.8. The summed E-state index contributed by atoms with van der Waals surface area (Å²) in [4.78, 5) is 3.75. The molecule has 2 rings (SSSR count). The minimum atomic E-state index is 0.135. The van der Waals surface area contributed by atoms with Crippen LogP contribution in [0.3, 0.4) is 0 Å². The smallest absolute Gasteiger partial charge is 0.122 e. The summed E-state index contributed by atoms with van der Waals surface area (Å²) in [5.74, 6) is 1.90. The maximum Gasteiger partial charge on any atom is 0.122 e. The highest BCUT2D eigenvalue weighted by atomic mass is 32.1. The van der Waals surface area contributed by atoms with Gasteiger partial charge >= 0.3 is 0 Å². The molecule has 19 heavy (non-hydrogen) atoms. The molecule has 4 heteroatoms. The van der Waals surface area contributed by atoms with Crippen molar-refractivity contribution in [2.45, 2.75) is 39.4 Å². The van der Waals surface area contributed by atoms with Crippen molar-refractivity contribution >= 4 is 11.3 Å². The van der Waals surface area contributed by atoms with Crippen LogP contribution in [0.25, 0.3) is 0 Å². The van der Waals surface area contributed by atoms with Gasteiger partial charge in [0, 0.05) is 24.0 Å². The van der Waals surface area contributed by atoms with Gasteiger partial charge in [-0.05, 0) is 44.4 Å². The quantitative estimate of drug-likeness (QED) is 0.878. The molecule has 0 saturated carbocycles. The number of furan rings is 1. The molecule has 2 heterocycles. The minimum absolute atomic E-state index is 0.135. The molecular weight excluding hydrogens is 256 g/mol. The molecule has 104 valence electrons. The maximum atomic E-state index is 5.98. The summed E-state index contributed by atoms with van der Waals surface area (Å²) in [6.07, 6.45) is 0. The largest absolute Gasteiger partial charge is 0.465 e. The van der Waals surface area contributed by atoms with Gasteiger partial charge in [-0.15, -0.1) is 11.3 Å².